The zero-order valence-electron chi connectivity index (χ0n) is 9.42. The number of aliphatic hydroxyl groups is 1. The lowest BCUT2D eigenvalue weighted by Gasteiger charge is -2.12. The van der Waals surface area contributed by atoms with Crippen molar-refractivity contribution in [2.45, 2.75) is 17.9 Å². The van der Waals surface area contributed by atoms with E-state index in [1.165, 1.54) is 6.92 Å². The second kappa shape index (κ2) is 5.42. The molecule has 3 N–H and O–H groups in total. The molecule has 1 rings (SSSR count). The predicted molar refractivity (Wildman–Crippen MR) is 60.2 cm³/mol. The fourth-order valence-electron chi connectivity index (χ4n) is 1.22. The van der Waals surface area contributed by atoms with Gasteiger partial charge in [-0.15, -0.1) is 0 Å². The molecule has 0 bridgehead atoms. The van der Waals surface area contributed by atoms with Crippen LogP contribution in [0.4, 0.5) is 4.39 Å². The number of aliphatic hydroxyl groups excluding tert-OH is 1. The lowest BCUT2D eigenvalue weighted by molar-refractivity contribution is 0.0696. The molecule has 100 valence electrons. The molecule has 0 fully saturated rings. The SMILES string of the molecule is CC(CO)NS(=O)(=O)c1ccc(C(=O)O)cc1F. The highest BCUT2D eigenvalue weighted by molar-refractivity contribution is 7.89. The average molecular weight is 277 g/mol. The zero-order valence-corrected chi connectivity index (χ0v) is 10.2. The molecule has 0 spiro atoms. The molecule has 0 aliphatic rings. The minimum atomic E-state index is -4.12. The first-order valence-corrected chi connectivity index (χ1v) is 6.42. The van der Waals surface area contributed by atoms with Gasteiger partial charge in [0.05, 0.1) is 12.2 Å². The molecule has 0 aliphatic carbocycles. The normalized spacial score (nSPS) is 13.3. The van der Waals surface area contributed by atoms with E-state index < -0.39 is 39.4 Å². The summed E-state index contributed by atoms with van der Waals surface area (Å²) in [5.41, 5.74) is -0.346. The van der Waals surface area contributed by atoms with Crippen molar-refractivity contribution in [3.05, 3.63) is 29.6 Å². The Morgan fingerprint density at radius 1 is 1.50 bits per heavy atom. The third-order valence-corrected chi connectivity index (χ3v) is 3.72. The summed E-state index contributed by atoms with van der Waals surface area (Å²) in [6, 6.07) is 1.71. The van der Waals surface area contributed by atoms with Crippen molar-refractivity contribution in [3.8, 4) is 0 Å². The highest BCUT2D eigenvalue weighted by atomic mass is 32.2. The van der Waals surface area contributed by atoms with Gasteiger partial charge < -0.3 is 10.2 Å². The molecule has 1 aromatic carbocycles. The second-order valence-electron chi connectivity index (χ2n) is 3.66. The van der Waals surface area contributed by atoms with Gasteiger partial charge in [0.15, 0.2) is 0 Å². The molecule has 0 radical (unpaired) electrons. The Kier molecular flexibility index (Phi) is 4.38. The number of carboxylic acid groups (broad SMARTS) is 1. The number of hydrogen-bond donors (Lipinski definition) is 3. The number of sulfonamides is 1. The van der Waals surface area contributed by atoms with Crippen molar-refractivity contribution in [1.29, 1.82) is 0 Å². The van der Waals surface area contributed by atoms with Gasteiger partial charge in [0.1, 0.15) is 10.7 Å². The number of halogens is 1. The first-order chi connectivity index (χ1) is 8.27. The molecule has 0 saturated heterocycles. The fraction of sp³-hybridized carbons (Fsp3) is 0.300. The Bertz CT molecular complexity index is 557. The number of benzene rings is 1. The predicted octanol–water partition coefficient (Wildman–Crippen LogP) is 0.183. The summed E-state index contributed by atoms with van der Waals surface area (Å²) in [7, 11) is -4.12. The number of rotatable bonds is 5. The Morgan fingerprint density at radius 3 is 2.56 bits per heavy atom. The molecule has 0 heterocycles. The first kappa shape index (κ1) is 14.6. The molecule has 1 atom stereocenters. The average Bonchev–Trinajstić information content (AvgIpc) is 2.27. The molecule has 0 aliphatic heterocycles. The minimum absolute atomic E-state index is 0.346. The van der Waals surface area contributed by atoms with Crippen molar-refractivity contribution in [2.75, 3.05) is 6.61 Å². The van der Waals surface area contributed by atoms with Crippen LogP contribution in [0.2, 0.25) is 0 Å². The van der Waals surface area contributed by atoms with Gasteiger partial charge in [-0.05, 0) is 25.1 Å². The smallest absolute Gasteiger partial charge is 0.335 e. The summed E-state index contributed by atoms with van der Waals surface area (Å²) in [6.07, 6.45) is 0. The van der Waals surface area contributed by atoms with Crippen LogP contribution in [0.5, 0.6) is 0 Å². The Labute approximate surface area is 103 Å². The molecule has 6 nitrogen and oxygen atoms in total. The maximum Gasteiger partial charge on any atom is 0.335 e. The van der Waals surface area contributed by atoms with Crippen LogP contribution in [0.25, 0.3) is 0 Å². The number of hydrogen-bond acceptors (Lipinski definition) is 4. The van der Waals surface area contributed by atoms with Crippen molar-refractivity contribution in [2.24, 2.45) is 0 Å². The van der Waals surface area contributed by atoms with Gasteiger partial charge in [0.2, 0.25) is 10.0 Å². The van der Waals surface area contributed by atoms with Crippen molar-refractivity contribution in [3.63, 3.8) is 0 Å². The molecule has 8 heteroatoms. The molecular formula is C10H12FNO5S. The maximum atomic E-state index is 13.5. The summed E-state index contributed by atoms with van der Waals surface area (Å²) in [5, 5.41) is 17.4. The van der Waals surface area contributed by atoms with E-state index in [0.29, 0.717) is 6.07 Å². The Hall–Kier alpha value is -1.51. The summed E-state index contributed by atoms with van der Waals surface area (Å²) < 4.78 is 38.9. The van der Waals surface area contributed by atoms with Gasteiger partial charge in [-0.25, -0.2) is 22.3 Å². The molecule has 0 amide bonds. The standard InChI is InChI=1S/C10H12FNO5S/c1-6(5-13)12-18(16,17)9-3-2-7(10(14)15)4-8(9)11/h2-4,6,12-13H,5H2,1H3,(H,14,15). The number of aromatic carboxylic acids is 1. The van der Waals surface area contributed by atoms with Crippen molar-refractivity contribution >= 4 is 16.0 Å². The van der Waals surface area contributed by atoms with E-state index >= 15 is 0 Å². The summed E-state index contributed by atoms with van der Waals surface area (Å²) in [6.45, 7) is 0.967. The topological polar surface area (TPSA) is 104 Å². The lowest BCUT2D eigenvalue weighted by atomic mass is 10.2. The largest absolute Gasteiger partial charge is 0.478 e. The van der Waals surface area contributed by atoms with Gasteiger partial charge in [-0.2, -0.15) is 0 Å². The Balaban J connectivity index is 3.14. The highest BCUT2D eigenvalue weighted by Gasteiger charge is 2.22. The van der Waals surface area contributed by atoms with E-state index in [-0.39, 0.29) is 5.56 Å². The van der Waals surface area contributed by atoms with Crippen LogP contribution in [-0.2, 0) is 10.0 Å². The molecule has 0 saturated carbocycles. The number of carbonyl (C=O) groups is 1. The third kappa shape index (κ3) is 3.25. The van der Waals surface area contributed by atoms with Gasteiger partial charge in [-0.3, -0.25) is 0 Å². The fourth-order valence-corrected chi connectivity index (χ4v) is 2.51. The quantitative estimate of drug-likeness (QED) is 0.712. The summed E-state index contributed by atoms with van der Waals surface area (Å²) in [4.78, 5) is 9.91. The van der Waals surface area contributed by atoms with Crippen LogP contribution in [0.1, 0.15) is 17.3 Å². The molecule has 1 aromatic rings. The number of carboxylic acids is 1. The summed E-state index contributed by atoms with van der Waals surface area (Å²) >= 11 is 0. The van der Waals surface area contributed by atoms with Crippen LogP contribution in [0.3, 0.4) is 0 Å². The van der Waals surface area contributed by atoms with Gasteiger partial charge in [0, 0.05) is 6.04 Å². The Morgan fingerprint density at radius 2 is 2.11 bits per heavy atom. The van der Waals surface area contributed by atoms with E-state index in [0.717, 1.165) is 12.1 Å². The van der Waals surface area contributed by atoms with Crippen LogP contribution < -0.4 is 4.72 Å². The molecule has 18 heavy (non-hydrogen) atoms. The van der Waals surface area contributed by atoms with Crippen LogP contribution in [0, 0.1) is 5.82 Å². The van der Waals surface area contributed by atoms with Crippen LogP contribution in [0.15, 0.2) is 23.1 Å². The monoisotopic (exact) mass is 277 g/mol. The van der Waals surface area contributed by atoms with Gasteiger partial charge in [0.25, 0.3) is 0 Å². The van der Waals surface area contributed by atoms with E-state index in [4.69, 9.17) is 10.2 Å². The van der Waals surface area contributed by atoms with E-state index in [2.05, 4.69) is 0 Å². The first-order valence-electron chi connectivity index (χ1n) is 4.94. The van der Waals surface area contributed by atoms with E-state index in [9.17, 15) is 17.6 Å². The van der Waals surface area contributed by atoms with Crippen LogP contribution >= 0.6 is 0 Å². The molecule has 1 unspecified atom stereocenters. The second-order valence-corrected chi connectivity index (χ2v) is 5.34. The lowest BCUT2D eigenvalue weighted by Crippen LogP contribution is -2.35. The van der Waals surface area contributed by atoms with Crippen molar-refractivity contribution in [1.82, 2.24) is 4.72 Å². The molecule has 0 aromatic heterocycles. The zero-order chi connectivity index (χ0) is 13.9. The van der Waals surface area contributed by atoms with Gasteiger partial charge in [-0.1, -0.05) is 0 Å². The highest BCUT2D eigenvalue weighted by Crippen LogP contribution is 2.16. The van der Waals surface area contributed by atoms with Gasteiger partial charge >= 0.3 is 5.97 Å². The maximum absolute atomic E-state index is 13.5. The summed E-state index contributed by atoms with van der Waals surface area (Å²) in [5.74, 6) is -2.51. The van der Waals surface area contributed by atoms with Crippen molar-refractivity contribution < 1.29 is 27.8 Å². The van der Waals surface area contributed by atoms with E-state index in [1.807, 2.05) is 4.72 Å². The third-order valence-electron chi connectivity index (χ3n) is 2.10. The molecular weight excluding hydrogens is 265 g/mol. The van der Waals surface area contributed by atoms with Crippen LogP contribution in [-0.4, -0.2) is 37.2 Å². The number of nitrogens with one attached hydrogen (secondary N) is 1. The van der Waals surface area contributed by atoms with E-state index in [1.54, 1.807) is 0 Å². The minimum Gasteiger partial charge on any atom is -0.478 e.